The highest BCUT2D eigenvalue weighted by Gasteiger charge is 2.61. The highest BCUT2D eigenvalue weighted by atomic mass is 32.2. The molecule has 0 bridgehead atoms. The van der Waals surface area contributed by atoms with E-state index in [9.17, 15) is 21.6 Å². The number of rotatable bonds is 1. The molecule has 1 aromatic rings. The summed E-state index contributed by atoms with van der Waals surface area (Å²) in [7, 11) is -0.814. The SMILES string of the molecule is CN1c2ccc(S(C)(=O)=O)cc2N(C)C1(C)C(F)(F)F. The minimum absolute atomic E-state index is 0.00271. The Bertz CT molecular complexity index is 657. The zero-order valence-electron chi connectivity index (χ0n) is 11.5. The van der Waals surface area contributed by atoms with Gasteiger partial charge in [0.25, 0.3) is 0 Å². The largest absolute Gasteiger partial charge is 0.430 e. The molecule has 0 fully saturated rings. The van der Waals surface area contributed by atoms with E-state index >= 15 is 0 Å². The van der Waals surface area contributed by atoms with Crippen LogP contribution in [0.25, 0.3) is 0 Å². The lowest BCUT2D eigenvalue weighted by atomic mass is 10.1. The minimum Gasteiger partial charge on any atom is -0.343 e. The summed E-state index contributed by atoms with van der Waals surface area (Å²) in [5.41, 5.74) is -1.61. The van der Waals surface area contributed by atoms with E-state index in [4.69, 9.17) is 0 Å². The quantitative estimate of drug-likeness (QED) is 0.798. The van der Waals surface area contributed by atoms with E-state index in [1.165, 1.54) is 32.3 Å². The van der Waals surface area contributed by atoms with E-state index in [0.717, 1.165) is 23.0 Å². The second-order valence-electron chi connectivity index (χ2n) is 5.06. The summed E-state index contributed by atoms with van der Waals surface area (Å²) in [6.07, 6.45) is -3.46. The Labute approximate surface area is 115 Å². The van der Waals surface area contributed by atoms with Crippen molar-refractivity contribution in [3.05, 3.63) is 18.2 Å². The van der Waals surface area contributed by atoms with Gasteiger partial charge in [0.15, 0.2) is 9.84 Å². The summed E-state index contributed by atoms with van der Waals surface area (Å²) >= 11 is 0. The number of hydrogen-bond donors (Lipinski definition) is 0. The van der Waals surface area contributed by atoms with Gasteiger partial charge in [0.05, 0.1) is 16.3 Å². The van der Waals surface area contributed by atoms with Crippen LogP contribution in [0.1, 0.15) is 6.92 Å². The lowest BCUT2D eigenvalue weighted by molar-refractivity contribution is -0.178. The summed E-state index contributed by atoms with van der Waals surface area (Å²) in [5, 5.41) is 0. The fraction of sp³-hybridized carbons (Fsp3) is 0.500. The molecule has 20 heavy (non-hydrogen) atoms. The fourth-order valence-electron chi connectivity index (χ4n) is 2.36. The molecule has 8 heteroatoms. The van der Waals surface area contributed by atoms with E-state index in [-0.39, 0.29) is 10.6 Å². The molecule has 0 spiro atoms. The summed E-state index contributed by atoms with van der Waals surface area (Å²) in [4.78, 5) is 2.16. The molecule has 0 radical (unpaired) electrons. The van der Waals surface area contributed by atoms with Gasteiger partial charge in [-0.05, 0) is 25.1 Å². The van der Waals surface area contributed by atoms with Crippen LogP contribution in [0.15, 0.2) is 23.1 Å². The molecule has 1 atom stereocenters. The predicted molar refractivity (Wildman–Crippen MR) is 70.8 cm³/mol. The molecular formula is C12H15F3N2O2S. The monoisotopic (exact) mass is 308 g/mol. The zero-order valence-corrected chi connectivity index (χ0v) is 12.3. The fourth-order valence-corrected chi connectivity index (χ4v) is 3.00. The Morgan fingerprint density at radius 1 is 1.10 bits per heavy atom. The number of halogens is 3. The van der Waals surface area contributed by atoms with E-state index in [1.54, 1.807) is 0 Å². The zero-order chi connectivity index (χ0) is 15.5. The van der Waals surface area contributed by atoms with Crippen LogP contribution < -0.4 is 9.80 Å². The van der Waals surface area contributed by atoms with Crippen molar-refractivity contribution >= 4 is 21.2 Å². The van der Waals surface area contributed by atoms with Gasteiger partial charge < -0.3 is 9.80 Å². The lowest BCUT2D eigenvalue weighted by Crippen LogP contribution is -2.62. The van der Waals surface area contributed by atoms with Gasteiger partial charge in [-0.15, -0.1) is 0 Å². The van der Waals surface area contributed by atoms with Gasteiger partial charge in [-0.25, -0.2) is 8.42 Å². The molecule has 2 rings (SSSR count). The summed E-state index contributed by atoms with van der Waals surface area (Å²) in [6, 6.07) is 4.00. The van der Waals surface area contributed by atoms with E-state index in [1.807, 2.05) is 0 Å². The maximum atomic E-state index is 13.3. The van der Waals surface area contributed by atoms with Crippen LogP contribution in [0, 0.1) is 0 Å². The maximum Gasteiger partial charge on any atom is 0.430 e. The molecule has 1 aliphatic heterocycles. The van der Waals surface area contributed by atoms with Crippen molar-refractivity contribution in [2.45, 2.75) is 23.7 Å². The Morgan fingerprint density at radius 3 is 2.05 bits per heavy atom. The number of hydrogen-bond acceptors (Lipinski definition) is 4. The molecule has 112 valence electrons. The number of anilines is 2. The average Bonchev–Trinajstić information content (AvgIpc) is 2.50. The Hall–Kier alpha value is -1.44. The van der Waals surface area contributed by atoms with Crippen LogP contribution in [0.4, 0.5) is 24.5 Å². The van der Waals surface area contributed by atoms with Gasteiger partial charge in [0.1, 0.15) is 0 Å². The van der Waals surface area contributed by atoms with Gasteiger partial charge in [0, 0.05) is 20.4 Å². The van der Waals surface area contributed by atoms with Crippen LogP contribution in [0.5, 0.6) is 0 Å². The van der Waals surface area contributed by atoms with Crippen molar-refractivity contribution in [1.29, 1.82) is 0 Å². The maximum absolute atomic E-state index is 13.3. The van der Waals surface area contributed by atoms with E-state index in [0.29, 0.717) is 5.69 Å². The van der Waals surface area contributed by atoms with Crippen molar-refractivity contribution in [3.8, 4) is 0 Å². The molecule has 1 unspecified atom stereocenters. The highest BCUT2D eigenvalue weighted by Crippen LogP contribution is 2.50. The first-order chi connectivity index (χ1) is 8.90. The highest BCUT2D eigenvalue weighted by molar-refractivity contribution is 7.90. The van der Waals surface area contributed by atoms with Crippen molar-refractivity contribution < 1.29 is 21.6 Å². The number of nitrogens with zero attached hydrogens (tertiary/aromatic N) is 2. The average molecular weight is 308 g/mol. The molecular weight excluding hydrogens is 293 g/mol. The molecule has 0 aliphatic carbocycles. The van der Waals surface area contributed by atoms with Crippen molar-refractivity contribution in [3.63, 3.8) is 0 Å². The molecule has 1 aliphatic rings. The second-order valence-corrected chi connectivity index (χ2v) is 7.08. The first-order valence-corrected chi connectivity index (χ1v) is 7.68. The standard InChI is InChI=1S/C12H15F3N2O2S/c1-11(12(13,14)15)16(2)9-6-5-8(20(4,18)19)7-10(9)17(11)3/h5-7H,1-4H3. The first kappa shape index (κ1) is 15.0. The van der Waals surface area contributed by atoms with Crippen molar-refractivity contribution in [2.75, 3.05) is 30.2 Å². The normalized spacial score (nSPS) is 23.1. The third kappa shape index (κ3) is 1.85. The minimum atomic E-state index is -4.49. The Kier molecular flexibility index (Phi) is 3.02. The molecule has 0 aromatic heterocycles. The molecule has 4 nitrogen and oxygen atoms in total. The van der Waals surface area contributed by atoms with E-state index in [2.05, 4.69) is 0 Å². The van der Waals surface area contributed by atoms with Crippen LogP contribution in [-0.4, -0.2) is 40.6 Å². The number of alkyl halides is 3. The first-order valence-electron chi connectivity index (χ1n) is 5.79. The van der Waals surface area contributed by atoms with Crippen molar-refractivity contribution in [2.24, 2.45) is 0 Å². The molecule has 0 saturated heterocycles. The lowest BCUT2D eigenvalue weighted by Gasteiger charge is -2.40. The van der Waals surface area contributed by atoms with Crippen LogP contribution >= 0.6 is 0 Å². The number of sulfone groups is 1. The molecule has 1 heterocycles. The summed E-state index contributed by atoms with van der Waals surface area (Å²) in [5.74, 6) is 0. The van der Waals surface area contributed by atoms with E-state index < -0.39 is 21.7 Å². The molecule has 0 saturated carbocycles. The number of benzene rings is 1. The summed E-state index contributed by atoms with van der Waals surface area (Å²) in [6.45, 7) is 1.06. The van der Waals surface area contributed by atoms with Gasteiger partial charge in [-0.1, -0.05) is 0 Å². The summed E-state index contributed by atoms with van der Waals surface area (Å²) < 4.78 is 63.1. The smallest absolute Gasteiger partial charge is 0.343 e. The Morgan fingerprint density at radius 2 is 1.60 bits per heavy atom. The van der Waals surface area contributed by atoms with Crippen LogP contribution in [0.3, 0.4) is 0 Å². The topological polar surface area (TPSA) is 40.6 Å². The second kappa shape index (κ2) is 4.03. The molecule has 0 amide bonds. The molecule has 1 aromatic carbocycles. The van der Waals surface area contributed by atoms with Crippen LogP contribution in [-0.2, 0) is 9.84 Å². The molecule has 0 N–H and O–H groups in total. The van der Waals surface area contributed by atoms with Gasteiger partial charge in [0.2, 0.25) is 5.66 Å². The third-order valence-electron chi connectivity index (χ3n) is 3.94. The predicted octanol–water partition coefficient (Wildman–Crippen LogP) is 2.25. The Balaban J connectivity index is 2.64. The van der Waals surface area contributed by atoms with Gasteiger partial charge in [-0.3, -0.25) is 0 Å². The van der Waals surface area contributed by atoms with Crippen LogP contribution in [0.2, 0.25) is 0 Å². The third-order valence-corrected chi connectivity index (χ3v) is 5.05. The van der Waals surface area contributed by atoms with Crippen molar-refractivity contribution in [1.82, 2.24) is 0 Å². The number of fused-ring (bicyclic) bond motifs is 1. The van der Waals surface area contributed by atoms with Gasteiger partial charge >= 0.3 is 6.18 Å². The van der Waals surface area contributed by atoms with Gasteiger partial charge in [-0.2, -0.15) is 13.2 Å².